The van der Waals surface area contributed by atoms with E-state index in [-0.39, 0.29) is 5.97 Å². The van der Waals surface area contributed by atoms with Crippen molar-refractivity contribution in [2.24, 2.45) is 5.73 Å². The van der Waals surface area contributed by atoms with Gasteiger partial charge < -0.3 is 10.5 Å². The SMILES string of the molecule is C/C=C/CCCCC(N)C(=O)OC. The molecule has 0 aliphatic rings. The summed E-state index contributed by atoms with van der Waals surface area (Å²) in [6.45, 7) is 2.00. The minimum absolute atomic E-state index is 0.314. The highest BCUT2D eigenvalue weighted by atomic mass is 16.5. The number of carbonyl (C=O) groups excluding carboxylic acids is 1. The summed E-state index contributed by atoms with van der Waals surface area (Å²) >= 11 is 0. The van der Waals surface area contributed by atoms with Gasteiger partial charge in [-0.2, -0.15) is 0 Å². The van der Waals surface area contributed by atoms with Crippen molar-refractivity contribution in [2.75, 3.05) is 7.11 Å². The molecule has 1 atom stereocenters. The average Bonchev–Trinajstić information content (AvgIpc) is 2.16. The summed E-state index contributed by atoms with van der Waals surface area (Å²) in [6, 6.07) is -0.449. The third kappa shape index (κ3) is 6.34. The third-order valence-corrected chi connectivity index (χ3v) is 1.88. The lowest BCUT2D eigenvalue weighted by molar-refractivity contribution is -0.142. The molecular weight excluding hydrogens is 166 g/mol. The van der Waals surface area contributed by atoms with Gasteiger partial charge in [-0.15, -0.1) is 0 Å². The van der Waals surface area contributed by atoms with Crippen molar-refractivity contribution in [2.45, 2.75) is 38.6 Å². The fourth-order valence-corrected chi connectivity index (χ4v) is 1.06. The minimum atomic E-state index is -0.449. The van der Waals surface area contributed by atoms with E-state index in [1.165, 1.54) is 7.11 Å². The highest BCUT2D eigenvalue weighted by molar-refractivity contribution is 5.75. The van der Waals surface area contributed by atoms with Gasteiger partial charge in [0.15, 0.2) is 0 Å². The van der Waals surface area contributed by atoms with E-state index in [9.17, 15) is 4.79 Å². The summed E-state index contributed by atoms with van der Waals surface area (Å²) in [5, 5.41) is 0. The van der Waals surface area contributed by atoms with E-state index in [2.05, 4.69) is 10.8 Å². The largest absolute Gasteiger partial charge is 0.468 e. The van der Waals surface area contributed by atoms with E-state index in [1.807, 2.05) is 13.0 Å². The maximum Gasteiger partial charge on any atom is 0.322 e. The van der Waals surface area contributed by atoms with Gasteiger partial charge in [-0.3, -0.25) is 4.79 Å². The maximum absolute atomic E-state index is 10.9. The van der Waals surface area contributed by atoms with Crippen LogP contribution < -0.4 is 5.73 Å². The zero-order valence-corrected chi connectivity index (χ0v) is 8.45. The van der Waals surface area contributed by atoms with Gasteiger partial charge in [0.2, 0.25) is 0 Å². The quantitative estimate of drug-likeness (QED) is 0.388. The van der Waals surface area contributed by atoms with Crippen LogP contribution in [0.15, 0.2) is 12.2 Å². The predicted molar refractivity (Wildman–Crippen MR) is 53.3 cm³/mol. The smallest absolute Gasteiger partial charge is 0.322 e. The zero-order valence-electron chi connectivity index (χ0n) is 8.45. The van der Waals surface area contributed by atoms with Crippen molar-refractivity contribution in [3.8, 4) is 0 Å². The number of allylic oxidation sites excluding steroid dienone is 2. The number of methoxy groups -OCH3 is 1. The van der Waals surface area contributed by atoms with Gasteiger partial charge in [0, 0.05) is 0 Å². The van der Waals surface area contributed by atoms with Gasteiger partial charge in [0.1, 0.15) is 6.04 Å². The predicted octanol–water partition coefficient (Wildman–Crippen LogP) is 1.62. The first kappa shape index (κ1) is 12.2. The highest BCUT2D eigenvalue weighted by Crippen LogP contribution is 2.03. The second-order valence-electron chi connectivity index (χ2n) is 2.98. The van der Waals surface area contributed by atoms with Crippen LogP contribution in [0.5, 0.6) is 0 Å². The number of unbranched alkanes of at least 4 members (excludes halogenated alkanes) is 2. The lowest BCUT2D eigenvalue weighted by Crippen LogP contribution is -2.31. The molecule has 3 nitrogen and oxygen atoms in total. The Morgan fingerprint density at radius 2 is 2.23 bits per heavy atom. The Labute approximate surface area is 79.9 Å². The maximum atomic E-state index is 10.9. The topological polar surface area (TPSA) is 52.3 Å². The zero-order chi connectivity index (χ0) is 10.1. The molecule has 0 bridgehead atoms. The van der Waals surface area contributed by atoms with Gasteiger partial charge in [-0.05, 0) is 26.2 Å². The van der Waals surface area contributed by atoms with E-state index in [0.29, 0.717) is 6.42 Å². The molecule has 0 spiro atoms. The van der Waals surface area contributed by atoms with E-state index in [1.54, 1.807) is 0 Å². The van der Waals surface area contributed by atoms with Gasteiger partial charge in [0.25, 0.3) is 0 Å². The number of nitrogens with two attached hydrogens (primary N) is 1. The summed E-state index contributed by atoms with van der Waals surface area (Å²) in [7, 11) is 1.36. The molecule has 3 heteroatoms. The molecule has 1 unspecified atom stereocenters. The Bertz CT molecular complexity index is 166. The molecule has 0 aliphatic heterocycles. The second-order valence-corrected chi connectivity index (χ2v) is 2.98. The lowest BCUT2D eigenvalue weighted by atomic mass is 10.1. The average molecular weight is 185 g/mol. The molecule has 0 radical (unpaired) electrons. The van der Waals surface area contributed by atoms with Crippen LogP contribution >= 0.6 is 0 Å². The molecular formula is C10H19NO2. The Kier molecular flexibility index (Phi) is 7.30. The minimum Gasteiger partial charge on any atom is -0.468 e. The van der Waals surface area contributed by atoms with Crippen molar-refractivity contribution >= 4 is 5.97 Å². The molecule has 13 heavy (non-hydrogen) atoms. The van der Waals surface area contributed by atoms with Crippen molar-refractivity contribution < 1.29 is 9.53 Å². The molecule has 0 rings (SSSR count). The van der Waals surface area contributed by atoms with Gasteiger partial charge >= 0.3 is 5.97 Å². The highest BCUT2D eigenvalue weighted by Gasteiger charge is 2.11. The number of esters is 1. The van der Waals surface area contributed by atoms with Gasteiger partial charge in [-0.1, -0.05) is 18.6 Å². The van der Waals surface area contributed by atoms with Crippen LogP contribution in [-0.4, -0.2) is 19.1 Å². The first-order chi connectivity index (χ1) is 6.22. The number of carbonyl (C=O) groups is 1. The van der Waals surface area contributed by atoms with Gasteiger partial charge in [0.05, 0.1) is 7.11 Å². The monoisotopic (exact) mass is 185 g/mol. The lowest BCUT2D eigenvalue weighted by Gasteiger charge is -2.07. The Balaban J connectivity index is 3.36. The van der Waals surface area contributed by atoms with Crippen LogP contribution in [0.2, 0.25) is 0 Å². The standard InChI is InChI=1S/C10H19NO2/c1-3-4-5-6-7-8-9(11)10(12)13-2/h3-4,9H,5-8,11H2,1-2H3/b4-3+. The fourth-order valence-electron chi connectivity index (χ4n) is 1.06. The molecule has 0 aromatic rings. The molecule has 0 saturated heterocycles. The van der Waals surface area contributed by atoms with Crippen LogP contribution in [0.3, 0.4) is 0 Å². The Morgan fingerprint density at radius 1 is 1.54 bits per heavy atom. The normalized spacial score (nSPS) is 13.2. The molecule has 0 saturated carbocycles. The van der Waals surface area contributed by atoms with Crippen LogP contribution in [0, 0.1) is 0 Å². The van der Waals surface area contributed by atoms with E-state index < -0.39 is 6.04 Å². The van der Waals surface area contributed by atoms with Crippen molar-refractivity contribution in [3.63, 3.8) is 0 Å². The summed E-state index contributed by atoms with van der Waals surface area (Å²) < 4.78 is 4.51. The number of hydrogen-bond acceptors (Lipinski definition) is 3. The first-order valence-corrected chi connectivity index (χ1v) is 4.67. The van der Waals surface area contributed by atoms with Crippen LogP contribution in [0.1, 0.15) is 32.6 Å². The van der Waals surface area contributed by atoms with E-state index in [0.717, 1.165) is 19.3 Å². The number of rotatable bonds is 6. The Hall–Kier alpha value is -0.830. The molecule has 0 aromatic carbocycles. The molecule has 76 valence electrons. The van der Waals surface area contributed by atoms with E-state index in [4.69, 9.17) is 5.73 Å². The summed E-state index contributed by atoms with van der Waals surface area (Å²) in [5.41, 5.74) is 5.55. The third-order valence-electron chi connectivity index (χ3n) is 1.88. The molecule has 0 aromatic heterocycles. The molecule has 2 N–H and O–H groups in total. The summed E-state index contributed by atoms with van der Waals surface area (Å²) in [5.74, 6) is -0.314. The van der Waals surface area contributed by atoms with Gasteiger partial charge in [-0.25, -0.2) is 0 Å². The summed E-state index contributed by atoms with van der Waals surface area (Å²) in [6.07, 6.45) is 7.97. The van der Waals surface area contributed by atoms with Crippen LogP contribution in [0.25, 0.3) is 0 Å². The van der Waals surface area contributed by atoms with Crippen molar-refractivity contribution in [3.05, 3.63) is 12.2 Å². The van der Waals surface area contributed by atoms with Crippen LogP contribution in [-0.2, 0) is 9.53 Å². The molecule has 0 heterocycles. The van der Waals surface area contributed by atoms with E-state index >= 15 is 0 Å². The number of ether oxygens (including phenoxy) is 1. The Morgan fingerprint density at radius 3 is 2.77 bits per heavy atom. The molecule has 0 aliphatic carbocycles. The van der Waals surface area contributed by atoms with Crippen molar-refractivity contribution in [1.82, 2.24) is 0 Å². The van der Waals surface area contributed by atoms with Crippen molar-refractivity contribution in [1.29, 1.82) is 0 Å². The second kappa shape index (κ2) is 7.80. The molecule has 0 amide bonds. The molecule has 0 fully saturated rings. The number of hydrogen-bond donors (Lipinski definition) is 1. The fraction of sp³-hybridized carbons (Fsp3) is 0.700. The summed E-state index contributed by atoms with van der Waals surface area (Å²) in [4.78, 5) is 10.9. The van der Waals surface area contributed by atoms with Crippen LogP contribution in [0.4, 0.5) is 0 Å². The first-order valence-electron chi connectivity index (χ1n) is 4.67.